The van der Waals surface area contributed by atoms with E-state index < -0.39 is 0 Å². The Morgan fingerprint density at radius 1 is 0.952 bits per heavy atom. The molecule has 0 spiro atoms. The molecule has 0 saturated carbocycles. The number of benzene rings is 1. The van der Waals surface area contributed by atoms with Crippen LogP contribution in [0.15, 0.2) is 30.3 Å². The lowest BCUT2D eigenvalue weighted by Gasteiger charge is -2.35. The first kappa shape index (κ1) is 15.5. The summed E-state index contributed by atoms with van der Waals surface area (Å²) in [6.07, 6.45) is 3.08. The number of piperazine rings is 1. The Hall–Kier alpha value is -1.84. The Morgan fingerprint density at radius 3 is 2.10 bits per heavy atom. The molecule has 1 fully saturated rings. The van der Waals surface area contributed by atoms with Crippen LogP contribution in [0.2, 0.25) is 0 Å². The fraction of sp³-hybridized carbons (Fsp3) is 0.529. The number of carbonyl (C=O) groups excluding carboxylic acids is 2. The average molecular weight is 288 g/mol. The van der Waals surface area contributed by atoms with Gasteiger partial charge in [-0.1, -0.05) is 43.7 Å². The highest BCUT2D eigenvalue weighted by Gasteiger charge is 2.23. The molecular weight excluding hydrogens is 264 g/mol. The summed E-state index contributed by atoms with van der Waals surface area (Å²) in [5.74, 6) is 0.383. The average Bonchev–Trinajstić information content (AvgIpc) is 2.53. The lowest BCUT2D eigenvalue weighted by molar-refractivity contribution is -0.139. The number of rotatable bonds is 5. The van der Waals surface area contributed by atoms with Crippen molar-refractivity contribution < 1.29 is 9.59 Å². The Bertz CT molecular complexity index is 465. The highest BCUT2D eigenvalue weighted by Crippen LogP contribution is 2.09. The second-order valence-electron chi connectivity index (χ2n) is 5.53. The molecule has 4 heteroatoms. The number of carbonyl (C=O) groups is 2. The minimum absolute atomic E-state index is 0.154. The predicted molar refractivity (Wildman–Crippen MR) is 82.8 cm³/mol. The lowest BCUT2D eigenvalue weighted by atomic mass is 10.1. The number of hydrogen-bond acceptors (Lipinski definition) is 2. The van der Waals surface area contributed by atoms with Crippen molar-refractivity contribution in [3.05, 3.63) is 35.9 Å². The van der Waals surface area contributed by atoms with E-state index in [1.807, 2.05) is 40.1 Å². The predicted octanol–water partition coefficient (Wildman–Crippen LogP) is 2.09. The topological polar surface area (TPSA) is 40.6 Å². The number of amides is 2. The molecule has 0 radical (unpaired) electrons. The van der Waals surface area contributed by atoms with Gasteiger partial charge in [-0.2, -0.15) is 0 Å². The Balaban J connectivity index is 1.78. The Kier molecular flexibility index (Phi) is 5.78. The van der Waals surface area contributed by atoms with Crippen molar-refractivity contribution in [1.82, 2.24) is 9.80 Å². The van der Waals surface area contributed by atoms with Crippen LogP contribution < -0.4 is 0 Å². The van der Waals surface area contributed by atoms with Crippen LogP contribution in [0.3, 0.4) is 0 Å². The van der Waals surface area contributed by atoms with Gasteiger partial charge in [0, 0.05) is 32.6 Å². The van der Waals surface area contributed by atoms with Crippen LogP contribution >= 0.6 is 0 Å². The molecule has 1 aliphatic heterocycles. The second kappa shape index (κ2) is 7.81. The zero-order chi connectivity index (χ0) is 15.1. The maximum Gasteiger partial charge on any atom is 0.227 e. The fourth-order valence-corrected chi connectivity index (χ4v) is 2.57. The summed E-state index contributed by atoms with van der Waals surface area (Å²) >= 11 is 0. The zero-order valence-electron chi connectivity index (χ0n) is 12.8. The molecular formula is C17H24N2O2. The third kappa shape index (κ3) is 4.59. The van der Waals surface area contributed by atoms with E-state index >= 15 is 0 Å². The van der Waals surface area contributed by atoms with Crippen LogP contribution in [-0.4, -0.2) is 47.8 Å². The molecule has 1 aromatic carbocycles. The summed E-state index contributed by atoms with van der Waals surface area (Å²) < 4.78 is 0. The standard InChI is InChI=1S/C17H24N2O2/c1-2-3-9-16(20)18-10-12-19(13-11-18)17(21)14-15-7-5-4-6-8-15/h4-8H,2-3,9-14H2,1H3. The van der Waals surface area contributed by atoms with Crippen LogP contribution in [0.5, 0.6) is 0 Å². The van der Waals surface area contributed by atoms with Gasteiger partial charge in [-0.3, -0.25) is 9.59 Å². The van der Waals surface area contributed by atoms with Gasteiger partial charge in [-0.15, -0.1) is 0 Å². The van der Waals surface area contributed by atoms with Gasteiger partial charge in [0.2, 0.25) is 11.8 Å². The largest absolute Gasteiger partial charge is 0.339 e. The summed E-state index contributed by atoms with van der Waals surface area (Å²) in [7, 11) is 0. The third-order valence-electron chi connectivity index (χ3n) is 3.93. The fourth-order valence-electron chi connectivity index (χ4n) is 2.57. The molecule has 2 rings (SSSR count). The van der Waals surface area contributed by atoms with Gasteiger partial charge >= 0.3 is 0 Å². The molecule has 2 amide bonds. The lowest BCUT2D eigenvalue weighted by Crippen LogP contribution is -2.50. The number of hydrogen-bond donors (Lipinski definition) is 0. The molecule has 0 N–H and O–H groups in total. The molecule has 4 nitrogen and oxygen atoms in total. The minimum Gasteiger partial charge on any atom is -0.339 e. The van der Waals surface area contributed by atoms with Crippen LogP contribution in [0, 0.1) is 0 Å². The molecule has 1 aromatic rings. The molecule has 1 heterocycles. The molecule has 1 saturated heterocycles. The van der Waals surface area contributed by atoms with Crippen LogP contribution in [0.4, 0.5) is 0 Å². The van der Waals surface area contributed by atoms with Gasteiger partial charge in [0.1, 0.15) is 0 Å². The number of nitrogens with zero attached hydrogens (tertiary/aromatic N) is 2. The monoisotopic (exact) mass is 288 g/mol. The van der Waals surface area contributed by atoms with Crippen LogP contribution in [-0.2, 0) is 16.0 Å². The van der Waals surface area contributed by atoms with Crippen LogP contribution in [0.25, 0.3) is 0 Å². The van der Waals surface area contributed by atoms with Gasteiger partial charge in [-0.05, 0) is 12.0 Å². The Labute approximate surface area is 126 Å². The molecule has 114 valence electrons. The van der Waals surface area contributed by atoms with E-state index in [4.69, 9.17) is 0 Å². The first-order valence-corrected chi connectivity index (χ1v) is 7.80. The summed E-state index contributed by atoms with van der Waals surface area (Å²) in [6, 6.07) is 9.80. The highest BCUT2D eigenvalue weighted by molar-refractivity contribution is 5.80. The van der Waals surface area contributed by atoms with Gasteiger partial charge in [0.05, 0.1) is 6.42 Å². The molecule has 0 atom stereocenters. The first-order chi connectivity index (χ1) is 10.2. The van der Waals surface area contributed by atoms with E-state index in [2.05, 4.69) is 6.92 Å². The molecule has 0 aromatic heterocycles. The summed E-state index contributed by atoms with van der Waals surface area (Å²) in [4.78, 5) is 27.9. The van der Waals surface area contributed by atoms with E-state index in [0.717, 1.165) is 18.4 Å². The van der Waals surface area contributed by atoms with Crippen molar-refractivity contribution >= 4 is 11.8 Å². The summed E-state index contributed by atoms with van der Waals surface area (Å²) in [5, 5.41) is 0. The van der Waals surface area contributed by atoms with E-state index in [1.165, 1.54) is 0 Å². The van der Waals surface area contributed by atoms with Gasteiger partial charge in [-0.25, -0.2) is 0 Å². The maximum atomic E-state index is 12.2. The van der Waals surface area contributed by atoms with E-state index in [0.29, 0.717) is 39.0 Å². The van der Waals surface area contributed by atoms with Crippen molar-refractivity contribution in [1.29, 1.82) is 0 Å². The summed E-state index contributed by atoms with van der Waals surface area (Å²) in [5.41, 5.74) is 1.05. The number of unbranched alkanes of at least 4 members (excludes halogenated alkanes) is 1. The van der Waals surface area contributed by atoms with E-state index in [1.54, 1.807) is 0 Å². The normalized spacial score (nSPS) is 15.1. The Morgan fingerprint density at radius 2 is 1.52 bits per heavy atom. The minimum atomic E-state index is 0.154. The van der Waals surface area contributed by atoms with Gasteiger partial charge < -0.3 is 9.80 Å². The molecule has 0 unspecified atom stereocenters. The SMILES string of the molecule is CCCCC(=O)N1CCN(C(=O)Cc2ccccc2)CC1. The molecule has 0 bridgehead atoms. The molecule has 0 aliphatic carbocycles. The van der Waals surface area contributed by atoms with Crippen LogP contribution in [0.1, 0.15) is 31.7 Å². The van der Waals surface area contributed by atoms with Crippen molar-refractivity contribution in [2.75, 3.05) is 26.2 Å². The first-order valence-electron chi connectivity index (χ1n) is 7.80. The van der Waals surface area contributed by atoms with Gasteiger partial charge in [0.25, 0.3) is 0 Å². The van der Waals surface area contributed by atoms with Crippen molar-refractivity contribution in [2.24, 2.45) is 0 Å². The van der Waals surface area contributed by atoms with Gasteiger partial charge in [0.15, 0.2) is 0 Å². The molecule has 21 heavy (non-hydrogen) atoms. The summed E-state index contributed by atoms with van der Waals surface area (Å²) in [6.45, 7) is 4.74. The van der Waals surface area contributed by atoms with Crippen molar-refractivity contribution in [3.63, 3.8) is 0 Å². The van der Waals surface area contributed by atoms with E-state index in [9.17, 15) is 9.59 Å². The smallest absolute Gasteiger partial charge is 0.227 e. The van der Waals surface area contributed by atoms with E-state index in [-0.39, 0.29) is 11.8 Å². The highest BCUT2D eigenvalue weighted by atomic mass is 16.2. The molecule has 1 aliphatic rings. The quantitative estimate of drug-likeness (QED) is 0.832. The maximum absolute atomic E-state index is 12.2. The second-order valence-corrected chi connectivity index (χ2v) is 5.53. The van der Waals surface area contributed by atoms with Crippen molar-refractivity contribution in [3.8, 4) is 0 Å². The third-order valence-corrected chi connectivity index (χ3v) is 3.93. The zero-order valence-corrected chi connectivity index (χ0v) is 12.8. The van der Waals surface area contributed by atoms with Crippen molar-refractivity contribution in [2.45, 2.75) is 32.6 Å².